The molecule has 0 aliphatic carbocycles. The van der Waals surface area contributed by atoms with Crippen molar-refractivity contribution < 1.29 is 18.8 Å². The van der Waals surface area contributed by atoms with Crippen LogP contribution in [0, 0.1) is 5.82 Å². The van der Waals surface area contributed by atoms with E-state index < -0.39 is 23.8 Å². The highest BCUT2D eigenvalue weighted by molar-refractivity contribution is 6.16. The van der Waals surface area contributed by atoms with E-state index in [9.17, 15) is 18.8 Å². The Hall–Kier alpha value is -3.22. The molecule has 4 amide bonds. The van der Waals surface area contributed by atoms with Crippen LogP contribution in [0.1, 0.15) is 18.9 Å². The molecule has 4 rings (SSSR count). The summed E-state index contributed by atoms with van der Waals surface area (Å²) in [5, 5.41) is 0. The van der Waals surface area contributed by atoms with Crippen molar-refractivity contribution in [3.8, 4) is 0 Å². The summed E-state index contributed by atoms with van der Waals surface area (Å²) in [6.45, 7) is 1.85. The standard InChI is InChI=1S/C21H20FN3O3/c1-14-20(27)24(21(28)25(14)17-10-8-16(22)9-11-17)13-19(26)23-12-4-6-15-5-2-3-7-18(15)23/h2-3,5,7-11,14H,4,6,12-13H2,1H3. The summed E-state index contributed by atoms with van der Waals surface area (Å²) in [4.78, 5) is 42.3. The number of imide groups is 1. The zero-order valence-corrected chi connectivity index (χ0v) is 15.5. The second kappa shape index (κ2) is 7.07. The van der Waals surface area contributed by atoms with Crippen LogP contribution in [0.3, 0.4) is 0 Å². The minimum atomic E-state index is -0.751. The third-order valence-corrected chi connectivity index (χ3v) is 5.26. The summed E-state index contributed by atoms with van der Waals surface area (Å²) in [5.74, 6) is -1.15. The summed E-state index contributed by atoms with van der Waals surface area (Å²) in [6.07, 6.45) is 1.74. The molecule has 7 heteroatoms. The van der Waals surface area contributed by atoms with Crippen LogP contribution in [0.25, 0.3) is 0 Å². The van der Waals surface area contributed by atoms with Gasteiger partial charge in [0.15, 0.2) is 0 Å². The Morgan fingerprint density at radius 2 is 1.82 bits per heavy atom. The summed E-state index contributed by atoms with van der Waals surface area (Å²) in [7, 11) is 0. The van der Waals surface area contributed by atoms with E-state index in [1.54, 1.807) is 11.8 Å². The maximum absolute atomic E-state index is 13.2. The third kappa shape index (κ3) is 3.02. The molecular weight excluding hydrogens is 361 g/mol. The molecule has 1 saturated heterocycles. The van der Waals surface area contributed by atoms with E-state index in [4.69, 9.17) is 0 Å². The minimum Gasteiger partial charge on any atom is -0.311 e. The highest BCUT2D eigenvalue weighted by atomic mass is 19.1. The number of benzene rings is 2. The topological polar surface area (TPSA) is 60.9 Å². The predicted octanol–water partition coefficient (Wildman–Crippen LogP) is 2.96. The van der Waals surface area contributed by atoms with Crippen molar-refractivity contribution in [2.24, 2.45) is 0 Å². The van der Waals surface area contributed by atoms with Gasteiger partial charge in [0.2, 0.25) is 5.91 Å². The number of anilines is 2. The Bertz CT molecular complexity index is 944. The molecule has 2 heterocycles. The minimum absolute atomic E-state index is 0.290. The van der Waals surface area contributed by atoms with Gasteiger partial charge in [0.1, 0.15) is 18.4 Å². The van der Waals surface area contributed by atoms with E-state index in [2.05, 4.69) is 0 Å². The van der Waals surface area contributed by atoms with Crippen molar-refractivity contribution in [1.82, 2.24) is 4.90 Å². The van der Waals surface area contributed by atoms with Crippen LogP contribution in [-0.2, 0) is 16.0 Å². The monoisotopic (exact) mass is 381 g/mol. The summed E-state index contributed by atoms with van der Waals surface area (Å²) < 4.78 is 13.2. The largest absolute Gasteiger partial charge is 0.332 e. The molecule has 2 aromatic carbocycles. The number of amides is 4. The SMILES string of the molecule is CC1C(=O)N(CC(=O)N2CCCc3ccccc32)C(=O)N1c1ccc(F)cc1. The van der Waals surface area contributed by atoms with E-state index in [0.717, 1.165) is 29.0 Å². The quantitative estimate of drug-likeness (QED) is 0.768. The van der Waals surface area contributed by atoms with Gasteiger partial charge in [0, 0.05) is 17.9 Å². The number of carbonyl (C=O) groups is 3. The summed E-state index contributed by atoms with van der Waals surface area (Å²) in [6, 6.07) is 11.7. The molecule has 6 nitrogen and oxygen atoms in total. The molecule has 144 valence electrons. The fraction of sp³-hybridized carbons (Fsp3) is 0.286. The Morgan fingerprint density at radius 1 is 1.11 bits per heavy atom. The number of fused-ring (bicyclic) bond motifs is 1. The van der Waals surface area contributed by atoms with E-state index >= 15 is 0 Å². The van der Waals surface area contributed by atoms with E-state index in [-0.39, 0.29) is 12.5 Å². The first-order valence-corrected chi connectivity index (χ1v) is 9.26. The van der Waals surface area contributed by atoms with Gasteiger partial charge < -0.3 is 4.90 Å². The number of aryl methyl sites for hydroxylation is 1. The first-order valence-electron chi connectivity index (χ1n) is 9.26. The Morgan fingerprint density at radius 3 is 2.57 bits per heavy atom. The van der Waals surface area contributed by atoms with Gasteiger partial charge in [-0.25, -0.2) is 9.18 Å². The van der Waals surface area contributed by atoms with Crippen molar-refractivity contribution in [2.75, 3.05) is 22.9 Å². The van der Waals surface area contributed by atoms with Crippen LogP contribution < -0.4 is 9.80 Å². The number of rotatable bonds is 3. The third-order valence-electron chi connectivity index (χ3n) is 5.26. The average molecular weight is 381 g/mol. The van der Waals surface area contributed by atoms with Crippen molar-refractivity contribution in [3.63, 3.8) is 0 Å². The van der Waals surface area contributed by atoms with Crippen LogP contribution >= 0.6 is 0 Å². The Balaban J connectivity index is 1.55. The number of hydrogen-bond acceptors (Lipinski definition) is 3. The zero-order valence-electron chi connectivity index (χ0n) is 15.5. The predicted molar refractivity (Wildman–Crippen MR) is 103 cm³/mol. The first kappa shape index (κ1) is 18.2. The molecule has 0 spiro atoms. The molecule has 0 N–H and O–H groups in total. The fourth-order valence-electron chi connectivity index (χ4n) is 3.82. The molecule has 1 fully saturated rings. The van der Waals surface area contributed by atoms with Gasteiger partial charge in [-0.15, -0.1) is 0 Å². The number of para-hydroxylation sites is 1. The first-order chi connectivity index (χ1) is 13.5. The molecule has 2 aliphatic heterocycles. The van der Waals surface area contributed by atoms with Gasteiger partial charge in [-0.05, 0) is 55.7 Å². The normalized spacial score (nSPS) is 19.2. The van der Waals surface area contributed by atoms with Crippen LogP contribution in [0.15, 0.2) is 48.5 Å². The molecule has 2 aliphatic rings. The number of nitrogens with zero attached hydrogens (tertiary/aromatic N) is 3. The van der Waals surface area contributed by atoms with Crippen molar-refractivity contribution in [1.29, 1.82) is 0 Å². The lowest BCUT2D eigenvalue weighted by Gasteiger charge is -2.30. The summed E-state index contributed by atoms with van der Waals surface area (Å²) >= 11 is 0. The van der Waals surface area contributed by atoms with Gasteiger partial charge in [0.05, 0.1) is 0 Å². The average Bonchev–Trinajstić information content (AvgIpc) is 2.91. The van der Waals surface area contributed by atoms with Crippen molar-refractivity contribution >= 4 is 29.2 Å². The van der Waals surface area contributed by atoms with Crippen LogP contribution in [0.5, 0.6) is 0 Å². The van der Waals surface area contributed by atoms with Gasteiger partial charge in [-0.2, -0.15) is 0 Å². The second-order valence-corrected chi connectivity index (χ2v) is 7.01. The van der Waals surface area contributed by atoms with Gasteiger partial charge in [-0.1, -0.05) is 18.2 Å². The molecule has 1 unspecified atom stereocenters. The fourth-order valence-corrected chi connectivity index (χ4v) is 3.82. The number of carbonyl (C=O) groups excluding carboxylic acids is 3. The summed E-state index contributed by atoms with van der Waals surface area (Å²) in [5.41, 5.74) is 2.34. The molecule has 2 aromatic rings. The van der Waals surface area contributed by atoms with E-state index in [1.165, 1.54) is 29.2 Å². The van der Waals surface area contributed by atoms with Crippen LogP contribution in [0.2, 0.25) is 0 Å². The molecule has 0 bridgehead atoms. The maximum Gasteiger partial charge on any atom is 0.332 e. The molecule has 0 saturated carbocycles. The molecule has 1 atom stereocenters. The smallest absolute Gasteiger partial charge is 0.311 e. The highest BCUT2D eigenvalue weighted by Gasteiger charge is 2.44. The number of halogens is 1. The number of urea groups is 1. The molecule has 28 heavy (non-hydrogen) atoms. The van der Waals surface area contributed by atoms with Gasteiger partial charge in [-0.3, -0.25) is 19.4 Å². The van der Waals surface area contributed by atoms with E-state index in [1.807, 2.05) is 24.3 Å². The maximum atomic E-state index is 13.2. The number of hydrogen-bond donors (Lipinski definition) is 0. The van der Waals surface area contributed by atoms with Crippen molar-refractivity contribution in [2.45, 2.75) is 25.8 Å². The highest BCUT2D eigenvalue weighted by Crippen LogP contribution is 2.29. The lowest BCUT2D eigenvalue weighted by molar-refractivity contribution is -0.131. The molecule has 0 aromatic heterocycles. The zero-order chi connectivity index (χ0) is 19.8. The second-order valence-electron chi connectivity index (χ2n) is 7.01. The van der Waals surface area contributed by atoms with Crippen molar-refractivity contribution in [3.05, 3.63) is 59.9 Å². The molecular formula is C21H20FN3O3. The Kier molecular flexibility index (Phi) is 4.58. The lowest BCUT2D eigenvalue weighted by Crippen LogP contribution is -2.45. The van der Waals surface area contributed by atoms with Gasteiger partial charge in [0.25, 0.3) is 5.91 Å². The lowest BCUT2D eigenvalue weighted by atomic mass is 10.0. The van der Waals surface area contributed by atoms with Gasteiger partial charge >= 0.3 is 6.03 Å². The van der Waals surface area contributed by atoms with E-state index in [0.29, 0.717) is 12.2 Å². The van der Waals surface area contributed by atoms with Crippen LogP contribution in [0.4, 0.5) is 20.6 Å². The molecule has 0 radical (unpaired) electrons. The Labute approximate surface area is 162 Å². The van der Waals surface area contributed by atoms with Crippen LogP contribution in [-0.4, -0.2) is 41.9 Å².